The van der Waals surface area contributed by atoms with Gasteiger partial charge < -0.3 is 10.1 Å². The molecule has 0 fully saturated rings. The number of aliphatic carboxylic acids is 1. The summed E-state index contributed by atoms with van der Waals surface area (Å²) in [7, 11) is 0. The SMILES string of the molecule is O=C(O)CCC(Cl)n1c(=O)[nH]c2ccccc21. The highest BCUT2D eigenvalue weighted by molar-refractivity contribution is 6.19. The number of H-pyrrole nitrogens is 1. The second-order valence-electron chi connectivity index (χ2n) is 3.68. The van der Waals surface area contributed by atoms with Crippen molar-refractivity contribution in [1.82, 2.24) is 9.55 Å². The van der Waals surface area contributed by atoms with Crippen LogP contribution in [0, 0.1) is 0 Å². The van der Waals surface area contributed by atoms with Crippen LogP contribution in [0.2, 0.25) is 0 Å². The first-order chi connectivity index (χ1) is 8.09. The second-order valence-corrected chi connectivity index (χ2v) is 4.19. The van der Waals surface area contributed by atoms with E-state index in [1.54, 1.807) is 18.2 Å². The standard InChI is InChI=1S/C11H11ClN2O3/c12-9(5-6-10(15)16)14-8-4-2-1-3-7(8)13-11(14)17/h1-4,9H,5-6H2,(H,13,17)(H,15,16). The number of hydrogen-bond donors (Lipinski definition) is 2. The van der Waals surface area contributed by atoms with Crippen LogP contribution in [0.4, 0.5) is 0 Å². The van der Waals surface area contributed by atoms with Gasteiger partial charge in [0.05, 0.1) is 11.0 Å². The van der Waals surface area contributed by atoms with Crippen molar-refractivity contribution in [3.63, 3.8) is 0 Å². The van der Waals surface area contributed by atoms with Crippen molar-refractivity contribution < 1.29 is 9.90 Å². The van der Waals surface area contributed by atoms with Crippen molar-refractivity contribution >= 4 is 28.6 Å². The Morgan fingerprint density at radius 2 is 2.18 bits per heavy atom. The molecule has 5 nitrogen and oxygen atoms in total. The first-order valence-electron chi connectivity index (χ1n) is 5.14. The molecule has 0 bridgehead atoms. The number of nitrogens with zero attached hydrogens (tertiary/aromatic N) is 1. The minimum Gasteiger partial charge on any atom is -0.481 e. The maximum atomic E-state index is 11.7. The Labute approximate surface area is 102 Å². The van der Waals surface area contributed by atoms with E-state index >= 15 is 0 Å². The zero-order valence-electron chi connectivity index (χ0n) is 8.89. The topological polar surface area (TPSA) is 75.1 Å². The molecule has 0 amide bonds. The molecule has 6 heteroatoms. The zero-order chi connectivity index (χ0) is 12.4. The van der Waals surface area contributed by atoms with E-state index in [-0.39, 0.29) is 18.5 Å². The van der Waals surface area contributed by atoms with Gasteiger partial charge in [0, 0.05) is 6.42 Å². The molecule has 2 aromatic rings. The number of alkyl halides is 1. The lowest BCUT2D eigenvalue weighted by molar-refractivity contribution is -0.137. The molecular formula is C11H11ClN2O3. The van der Waals surface area contributed by atoms with Crippen LogP contribution >= 0.6 is 11.6 Å². The van der Waals surface area contributed by atoms with E-state index in [2.05, 4.69) is 4.98 Å². The lowest BCUT2D eigenvalue weighted by Gasteiger charge is -2.09. The number of benzene rings is 1. The van der Waals surface area contributed by atoms with E-state index in [1.165, 1.54) is 4.57 Å². The summed E-state index contributed by atoms with van der Waals surface area (Å²) in [5.41, 5.74) is 0.396. The molecule has 1 atom stereocenters. The molecular weight excluding hydrogens is 244 g/mol. The van der Waals surface area contributed by atoms with Crippen molar-refractivity contribution in [2.75, 3.05) is 0 Å². The van der Waals surface area contributed by atoms with E-state index in [1.807, 2.05) is 6.07 Å². The van der Waals surface area contributed by atoms with Gasteiger partial charge in [-0.05, 0) is 18.6 Å². The van der Waals surface area contributed by atoms with Crippen LogP contribution < -0.4 is 5.69 Å². The number of aromatic nitrogens is 2. The van der Waals surface area contributed by atoms with Gasteiger partial charge in [0.1, 0.15) is 5.50 Å². The number of aromatic amines is 1. The third-order valence-corrected chi connectivity index (χ3v) is 2.91. The fraction of sp³-hybridized carbons (Fsp3) is 0.273. The third kappa shape index (κ3) is 2.34. The largest absolute Gasteiger partial charge is 0.481 e. The van der Waals surface area contributed by atoms with Crippen LogP contribution in [0.5, 0.6) is 0 Å². The Kier molecular flexibility index (Phi) is 3.19. The van der Waals surface area contributed by atoms with Gasteiger partial charge in [0.2, 0.25) is 0 Å². The molecule has 1 heterocycles. The fourth-order valence-corrected chi connectivity index (χ4v) is 2.03. The molecule has 1 aromatic carbocycles. The number of carboxylic acids is 1. The van der Waals surface area contributed by atoms with Gasteiger partial charge in [0.25, 0.3) is 0 Å². The molecule has 0 aliphatic heterocycles. The molecule has 2 rings (SSSR count). The van der Waals surface area contributed by atoms with Crippen molar-refractivity contribution in [2.24, 2.45) is 0 Å². The van der Waals surface area contributed by atoms with Gasteiger partial charge in [-0.25, -0.2) is 4.79 Å². The molecule has 0 saturated carbocycles. The Hall–Kier alpha value is -1.75. The van der Waals surface area contributed by atoms with Gasteiger partial charge in [-0.15, -0.1) is 0 Å². The zero-order valence-corrected chi connectivity index (χ0v) is 9.65. The summed E-state index contributed by atoms with van der Waals surface area (Å²) in [6.45, 7) is 0. The van der Waals surface area contributed by atoms with Gasteiger partial charge >= 0.3 is 11.7 Å². The summed E-state index contributed by atoms with van der Waals surface area (Å²) in [6.07, 6.45) is 0.138. The summed E-state index contributed by atoms with van der Waals surface area (Å²) >= 11 is 6.06. The minimum atomic E-state index is -0.927. The Bertz CT molecular complexity index is 602. The number of hydrogen-bond acceptors (Lipinski definition) is 2. The summed E-state index contributed by atoms with van der Waals surface area (Å²) in [5.74, 6) is -0.927. The summed E-state index contributed by atoms with van der Waals surface area (Å²) in [6, 6.07) is 7.15. The molecule has 0 spiro atoms. The molecule has 0 aliphatic rings. The normalized spacial score (nSPS) is 12.8. The fourth-order valence-electron chi connectivity index (χ4n) is 1.72. The van der Waals surface area contributed by atoms with Crippen LogP contribution in [0.3, 0.4) is 0 Å². The third-order valence-electron chi connectivity index (χ3n) is 2.50. The van der Waals surface area contributed by atoms with E-state index in [0.29, 0.717) is 11.0 Å². The average Bonchev–Trinajstić information content (AvgIpc) is 2.61. The quantitative estimate of drug-likeness (QED) is 0.819. The number of para-hydroxylation sites is 2. The molecule has 0 radical (unpaired) electrons. The summed E-state index contributed by atoms with van der Waals surface area (Å²) < 4.78 is 1.37. The maximum Gasteiger partial charge on any atom is 0.327 e. The molecule has 90 valence electrons. The van der Waals surface area contributed by atoms with E-state index < -0.39 is 11.5 Å². The lowest BCUT2D eigenvalue weighted by Crippen LogP contribution is -2.19. The average molecular weight is 255 g/mol. The smallest absolute Gasteiger partial charge is 0.327 e. The van der Waals surface area contributed by atoms with Gasteiger partial charge in [-0.3, -0.25) is 9.36 Å². The molecule has 17 heavy (non-hydrogen) atoms. The minimum absolute atomic E-state index is 0.0693. The van der Waals surface area contributed by atoms with Gasteiger partial charge in [-0.2, -0.15) is 0 Å². The summed E-state index contributed by atoms with van der Waals surface area (Å²) in [4.78, 5) is 24.8. The van der Waals surface area contributed by atoms with E-state index in [9.17, 15) is 9.59 Å². The Morgan fingerprint density at radius 3 is 2.88 bits per heavy atom. The molecule has 0 aliphatic carbocycles. The van der Waals surface area contributed by atoms with Crippen LogP contribution in [-0.2, 0) is 4.79 Å². The first kappa shape index (κ1) is 11.7. The summed E-state index contributed by atoms with van der Waals surface area (Å²) in [5, 5.41) is 8.59. The molecule has 1 aromatic heterocycles. The number of imidazole rings is 1. The Morgan fingerprint density at radius 1 is 1.47 bits per heavy atom. The Balaban J connectivity index is 2.37. The maximum absolute atomic E-state index is 11.7. The number of rotatable bonds is 4. The van der Waals surface area contributed by atoms with Gasteiger partial charge in [-0.1, -0.05) is 23.7 Å². The van der Waals surface area contributed by atoms with Crippen LogP contribution in [0.1, 0.15) is 18.3 Å². The van der Waals surface area contributed by atoms with Crippen LogP contribution in [-0.4, -0.2) is 20.6 Å². The van der Waals surface area contributed by atoms with Crippen molar-refractivity contribution in [3.05, 3.63) is 34.7 Å². The second kappa shape index (κ2) is 4.63. The van der Waals surface area contributed by atoms with Crippen molar-refractivity contribution in [2.45, 2.75) is 18.3 Å². The van der Waals surface area contributed by atoms with Gasteiger partial charge in [0.15, 0.2) is 0 Å². The van der Waals surface area contributed by atoms with E-state index in [4.69, 9.17) is 16.7 Å². The number of nitrogens with one attached hydrogen (secondary N) is 1. The molecule has 0 saturated heterocycles. The van der Waals surface area contributed by atoms with Crippen molar-refractivity contribution in [1.29, 1.82) is 0 Å². The highest BCUT2D eigenvalue weighted by atomic mass is 35.5. The highest BCUT2D eigenvalue weighted by Crippen LogP contribution is 2.21. The number of fused-ring (bicyclic) bond motifs is 1. The predicted molar refractivity (Wildman–Crippen MR) is 64.3 cm³/mol. The monoisotopic (exact) mass is 254 g/mol. The highest BCUT2D eigenvalue weighted by Gasteiger charge is 2.15. The first-order valence-corrected chi connectivity index (χ1v) is 5.58. The van der Waals surface area contributed by atoms with E-state index in [0.717, 1.165) is 0 Å². The van der Waals surface area contributed by atoms with Crippen LogP contribution in [0.25, 0.3) is 11.0 Å². The number of carbonyl (C=O) groups is 1. The molecule has 1 unspecified atom stereocenters. The lowest BCUT2D eigenvalue weighted by atomic mass is 10.3. The number of carboxylic acid groups (broad SMARTS) is 1. The van der Waals surface area contributed by atoms with Crippen molar-refractivity contribution in [3.8, 4) is 0 Å². The van der Waals surface area contributed by atoms with Crippen LogP contribution in [0.15, 0.2) is 29.1 Å². The number of halogens is 1. The predicted octanol–water partition coefficient (Wildman–Crippen LogP) is 1.93. The molecule has 2 N–H and O–H groups in total.